The van der Waals surface area contributed by atoms with E-state index in [1.807, 2.05) is 0 Å². The van der Waals surface area contributed by atoms with Crippen LogP contribution >= 0.6 is 12.4 Å². The van der Waals surface area contributed by atoms with E-state index in [1.54, 1.807) is 0 Å². The lowest BCUT2D eigenvalue weighted by Gasteiger charge is -2.35. The van der Waals surface area contributed by atoms with Crippen LogP contribution in [0.25, 0.3) is 0 Å². The van der Waals surface area contributed by atoms with E-state index in [0.29, 0.717) is 12.0 Å². The fraction of sp³-hybridized carbons (Fsp3) is 0.600. The summed E-state index contributed by atoms with van der Waals surface area (Å²) in [5.41, 5.74) is 8.89. The van der Waals surface area contributed by atoms with E-state index in [4.69, 9.17) is 5.73 Å². The van der Waals surface area contributed by atoms with Crippen molar-refractivity contribution in [1.29, 1.82) is 0 Å². The highest BCUT2D eigenvalue weighted by Gasteiger charge is 2.22. The molecular formula is C15H25ClN2. The Hall–Kier alpha value is -0.570. The quantitative estimate of drug-likeness (QED) is 0.914. The van der Waals surface area contributed by atoms with Crippen molar-refractivity contribution in [3.05, 3.63) is 35.4 Å². The molecule has 0 aliphatic carbocycles. The van der Waals surface area contributed by atoms with Crippen molar-refractivity contribution in [2.24, 2.45) is 11.7 Å². The van der Waals surface area contributed by atoms with Gasteiger partial charge in [0.2, 0.25) is 0 Å². The molecule has 2 unspecified atom stereocenters. The molecule has 1 aromatic carbocycles. The van der Waals surface area contributed by atoms with Crippen LogP contribution in [0.2, 0.25) is 0 Å². The maximum atomic E-state index is 6.05. The van der Waals surface area contributed by atoms with Crippen molar-refractivity contribution in [2.45, 2.75) is 39.3 Å². The van der Waals surface area contributed by atoms with Crippen LogP contribution in [0, 0.1) is 5.92 Å². The third kappa shape index (κ3) is 3.98. The SMILES string of the molecule is CCc1ccc(CN2CCC(N)C(C)C2)cc1.Cl. The first-order chi connectivity index (χ1) is 8.19. The number of likely N-dealkylation sites (tertiary alicyclic amines) is 1. The second kappa shape index (κ2) is 7.13. The first kappa shape index (κ1) is 15.5. The van der Waals surface area contributed by atoms with E-state index in [-0.39, 0.29) is 12.4 Å². The Balaban J connectivity index is 0.00000162. The molecule has 1 aliphatic rings. The molecule has 102 valence electrons. The lowest BCUT2D eigenvalue weighted by atomic mass is 9.94. The van der Waals surface area contributed by atoms with Crippen molar-refractivity contribution >= 4 is 12.4 Å². The Morgan fingerprint density at radius 2 is 1.83 bits per heavy atom. The van der Waals surface area contributed by atoms with Crippen molar-refractivity contribution in [2.75, 3.05) is 13.1 Å². The van der Waals surface area contributed by atoms with Crippen LogP contribution < -0.4 is 5.73 Å². The average Bonchev–Trinajstić information content (AvgIpc) is 2.35. The number of halogens is 1. The third-order valence-electron chi connectivity index (χ3n) is 3.89. The molecule has 18 heavy (non-hydrogen) atoms. The molecule has 3 heteroatoms. The number of piperidine rings is 1. The molecule has 0 bridgehead atoms. The number of hydrogen-bond acceptors (Lipinski definition) is 2. The zero-order valence-electron chi connectivity index (χ0n) is 11.4. The minimum Gasteiger partial charge on any atom is -0.327 e. The maximum absolute atomic E-state index is 6.05. The fourth-order valence-electron chi connectivity index (χ4n) is 2.53. The van der Waals surface area contributed by atoms with Crippen LogP contribution in [0.1, 0.15) is 31.4 Å². The minimum atomic E-state index is 0. The predicted octanol–water partition coefficient (Wildman–Crippen LogP) is 2.84. The smallest absolute Gasteiger partial charge is 0.0233 e. The molecule has 0 amide bonds. The summed E-state index contributed by atoms with van der Waals surface area (Å²) >= 11 is 0. The van der Waals surface area contributed by atoms with Crippen molar-refractivity contribution < 1.29 is 0 Å². The summed E-state index contributed by atoms with van der Waals surface area (Å²) in [7, 11) is 0. The van der Waals surface area contributed by atoms with Gasteiger partial charge in [0, 0.05) is 19.1 Å². The highest BCUT2D eigenvalue weighted by molar-refractivity contribution is 5.85. The molecule has 2 nitrogen and oxygen atoms in total. The van der Waals surface area contributed by atoms with Gasteiger partial charge in [-0.2, -0.15) is 0 Å². The van der Waals surface area contributed by atoms with E-state index >= 15 is 0 Å². The molecule has 2 atom stereocenters. The largest absolute Gasteiger partial charge is 0.327 e. The van der Waals surface area contributed by atoms with Gasteiger partial charge in [-0.1, -0.05) is 38.1 Å². The second-order valence-electron chi connectivity index (χ2n) is 5.33. The second-order valence-corrected chi connectivity index (χ2v) is 5.33. The number of hydrogen-bond donors (Lipinski definition) is 1. The molecule has 0 radical (unpaired) electrons. The Morgan fingerprint density at radius 1 is 1.22 bits per heavy atom. The van der Waals surface area contributed by atoms with Gasteiger partial charge < -0.3 is 5.73 Å². The molecule has 0 spiro atoms. The highest BCUT2D eigenvalue weighted by atomic mass is 35.5. The molecular weight excluding hydrogens is 244 g/mol. The van der Waals surface area contributed by atoms with Crippen molar-refractivity contribution in [3.8, 4) is 0 Å². The zero-order valence-corrected chi connectivity index (χ0v) is 12.2. The number of rotatable bonds is 3. The number of nitrogens with zero attached hydrogens (tertiary/aromatic N) is 1. The normalized spacial score (nSPS) is 24.6. The van der Waals surface area contributed by atoms with E-state index in [1.165, 1.54) is 11.1 Å². The maximum Gasteiger partial charge on any atom is 0.0233 e. The van der Waals surface area contributed by atoms with Crippen molar-refractivity contribution in [1.82, 2.24) is 4.90 Å². The van der Waals surface area contributed by atoms with E-state index in [2.05, 4.69) is 43.0 Å². The van der Waals surface area contributed by atoms with Gasteiger partial charge in [0.25, 0.3) is 0 Å². The standard InChI is InChI=1S/C15H24N2.ClH/c1-3-13-4-6-14(7-5-13)11-17-9-8-15(16)12(2)10-17;/h4-7,12,15H,3,8-11,16H2,1-2H3;1H. The molecule has 1 aliphatic heterocycles. The Labute approximate surface area is 117 Å². The van der Waals surface area contributed by atoms with E-state index in [0.717, 1.165) is 32.5 Å². The first-order valence-electron chi connectivity index (χ1n) is 6.74. The lowest BCUT2D eigenvalue weighted by Crippen LogP contribution is -2.45. The molecule has 1 heterocycles. The number of aryl methyl sites for hydroxylation is 1. The van der Waals surface area contributed by atoms with Crippen LogP contribution in [-0.2, 0) is 13.0 Å². The summed E-state index contributed by atoms with van der Waals surface area (Å²) in [5, 5.41) is 0. The summed E-state index contributed by atoms with van der Waals surface area (Å²) in [6, 6.07) is 9.41. The summed E-state index contributed by atoms with van der Waals surface area (Å²) in [6.45, 7) is 7.80. The molecule has 0 saturated carbocycles. The average molecular weight is 269 g/mol. The van der Waals surface area contributed by atoms with Crippen molar-refractivity contribution in [3.63, 3.8) is 0 Å². The van der Waals surface area contributed by atoms with Crippen LogP contribution in [-0.4, -0.2) is 24.0 Å². The molecule has 1 fully saturated rings. The first-order valence-corrected chi connectivity index (χ1v) is 6.74. The van der Waals surface area contributed by atoms with Crippen LogP contribution in [0.15, 0.2) is 24.3 Å². The summed E-state index contributed by atoms with van der Waals surface area (Å²) < 4.78 is 0. The van der Waals surface area contributed by atoms with Gasteiger partial charge in [-0.05, 0) is 36.4 Å². The topological polar surface area (TPSA) is 29.3 Å². The minimum absolute atomic E-state index is 0. The highest BCUT2D eigenvalue weighted by Crippen LogP contribution is 2.17. The monoisotopic (exact) mass is 268 g/mol. The van der Waals surface area contributed by atoms with E-state index < -0.39 is 0 Å². The summed E-state index contributed by atoms with van der Waals surface area (Å²) in [6.07, 6.45) is 2.25. The number of benzene rings is 1. The van der Waals surface area contributed by atoms with E-state index in [9.17, 15) is 0 Å². The lowest BCUT2D eigenvalue weighted by molar-refractivity contribution is 0.158. The van der Waals surface area contributed by atoms with Gasteiger partial charge in [-0.25, -0.2) is 0 Å². The van der Waals surface area contributed by atoms with Gasteiger partial charge in [0.1, 0.15) is 0 Å². The van der Waals surface area contributed by atoms with Crippen LogP contribution in [0.5, 0.6) is 0 Å². The van der Waals surface area contributed by atoms with Gasteiger partial charge in [-0.3, -0.25) is 4.90 Å². The molecule has 1 saturated heterocycles. The Bertz CT molecular complexity index is 350. The molecule has 1 aromatic rings. The number of nitrogens with two attached hydrogens (primary N) is 1. The third-order valence-corrected chi connectivity index (χ3v) is 3.89. The van der Waals surface area contributed by atoms with Crippen LogP contribution in [0.3, 0.4) is 0 Å². The van der Waals surface area contributed by atoms with Gasteiger partial charge in [0.05, 0.1) is 0 Å². The van der Waals surface area contributed by atoms with Crippen LogP contribution in [0.4, 0.5) is 0 Å². The molecule has 2 rings (SSSR count). The zero-order chi connectivity index (χ0) is 12.3. The summed E-state index contributed by atoms with van der Waals surface area (Å²) in [5.74, 6) is 0.624. The predicted molar refractivity (Wildman–Crippen MR) is 80.1 cm³/mol. The van der Waals surface area contributed by atoms with Gasteiger partial charge in [-0.15, -0.1) is 12.4 Å². The molecule has 0 aromatic heterocycles. The Morgan fingerprint density at radius 3 is 2.39 bits per heavy atom. The summed E-state index contributed by atoms with van der Waals surface area (Å²) in [4.78, 5) is 2.52. The fourth-order valence-corrected chi connectivity index (χ4v) is 2.53. The van der Waals surface area contributed by atoms with Gasteiger partial charge >= 0.3 is 0 Å². The molecule has 2 N–H and O–H groups in total. The Kier molecular flexibility index (Phi) is 6.13. The van der Waals surface area contributed by atoms with Gasteiger partial charge in [0.15, 0.2) is 0 Å².